The van der Waals surface area contributed by atoms with E-state index in [2.05, 4.69) is 15.5 Å². The number of phenols is 1. The molecule has 6 nitrogen and oxygen atoms in total. The quantitative estimate of drug-likeness (QED) is 0.376. The molecule has 0 bridgehead atoms. The summed E-state index contributed by atoms with van der Waals surface area (Å²) in [5, 5.41) is 14.4. The van der Waals surface area contributed by atoms with Gasteiger partial charge in [-0.05, 0) is 47.5 Å². The second-order valence-corrected chi connectivity index (χ2v) is 6.61. The number of fused-ring (bicyclic) bond motifs is 1. The van der Waals surface area contributed by atoms with Crippen LogP contribution in [0.5, 0.6) is 11.5 Å². The molecule has 0 saturated heterocycles. The minimum Gasteiger partial charge on any atom is -0.508 e. The molecule has 148 valence electrons. The van der Waals surface area contributed by atoms with Crippen molar-refractivity contribution in [2.24, 2.45) is 5.10 Å². The van der Waals surface area contributed by atoms with Gasteiger partial charge in [-0.1, -0.05) is 42.5 Å². The Morgan fingerprint density at radius 1 is 1.03 bits per heavy atom. The van der Waals surface area contributed by atoms with Crippen LogP contribution < -0.4 is 10.2 Å². The van der Waals surface area contributed by atoms with E-state index in [1.54, 1.807) is 42.6 Å². The van der Waals surface area contributed by atoms with Gasteiger partial charge in [0.1, 0.15) is 23.6 Å². The monoisotopic (exact) mass is 397 g/mol. The third-order valence-corrected chi connectivity index (χ3v) is 4.46. The highest BCUT2D eigenvalue weighted by molar-refractivity contribution is 5.95. The standard InChI is InChI=1S/C24H19N3O3/c28-21-7-1-4-18(14-21)15-26-27-24(29)20-11-9-17(10-12-20)16-30-22-8-2-5-19-6-3-13-25-23(19)22/h1-15,28H,16H2,(H,27,29). The molecular formula is C24H19N3O3. The summed E-state index contributed by atoms with van der Waals surface area (Å²) in [6, 6.07) is 23.4. The molecule has 4 aromatic rings. The average Bonchev–Trinajstić information content (AvgIpc) is 2.78. The van der Waals surface area contributed by atoms with E-state index >= 15 is 0 Å². The van der Waals surface area contributed by atoms with Crippen LogP contribution >= 0.6 is 0 Å². The number of aromatic nitrogens is 1. The minimum atomic E-state index is -0.322. The minimum absolute atomic E-state index is 0.141. The first-order chi connectivity index (χ1) is 14.7. The molecule has 0 aliphatic carbocycles. The van der Waals surface area contributed by atoms with Crippen LogP contribution in [-0.4, -0.2) is 22.2 Å². The van der Waals surface area contributed by atoms with Gasteiger partial charge in [0.05, 0.1) is 6.21 Å². The summed E-state index contributed by atoms with van der Waals surface area (Å²) in [4.78, 5) is 16.6. The Bertz CT molecular complexity index is 1200. The van der Waals surface area contributed by atoms with Crippen LogP contribution in [0.1, 0.15) is 21.5 Å². The molecule has 0 unspecified atom stereocenters. The molecule has 3 aromatic carbocycles. The number of carbonyl (C=O) groups excluding carboxylic acids is 1. The third-order valence-electron chi connectivity index (χ3n) is 4.46. The third kappa shape index (κ3) is 4.62. The van der Waals surface area contributed by atoms with Crippen LogP contribution in [0.15, 0.2) is 90.2 Å². The van der Waals surface area contributed by atoms with E-state index in [1.165, 1.54) is 6.21 Å². The van der Waals surface area contributed by atoms with E-state index in [1.807, 2.05) is 42.5 Å². The van der Waals surface area contributed by atoms with Gasteiger partial charge in [-0.3, -0.25) is 9.78 Å². The molecule has 0 atom stereocenters. The van der Waals surface area contributed by atoms with E-state index in [0.29, 0.717) is 17.7 Å². The van der Waals surface area contributed by atoms with E-state index in [-0.39, 0.29) is 11.7 Å². The van der Waals surface area contributed by atoms with Gasteiger partial charge in [0.2, 0.25) is 0 Å². The summed E-state index contributed by atoms with van der Waals surface area (Å²) < 4.78 is 5.92. The number of phenolic OH excluding ortho intramolecular Hbond substituents is 1. The molecule has 30 heavy (non-hydrogen) atoms. The zero-order valence-corrected chi connectivity index (χ0v) is 16.0. The highest BCUT2D eigenvalue weighted by Gasteiger charge is 2.06. The number of nitrogens with zero attached hydrogens (tertiary/aromatic N) is 2. The summed E-state index contributed by atoms with van der Waals surface area (Å²) in [6.07, 6.45) is 3.21. The van der Waals surface area contributed by atoms with Crippen LogP contribution in [0.25, 0.3) is 10.9 Å². The molecule has 0 fully saturated rings. The topological polar surface area (TPSA) is 83.8 Å². The van der Waals surface area contributed by atoms with E-state index in [4.69, 9.17) is 4.74 Å². The molecule has 6 heteroatoms. The maximum Gasteiger partial charge on any atom is 0.271 e. The van der Waals surface area contributed by atoms with Gasteiger partial charge in [-0.25, -0.2) is 5.43 Å². The maximum absolute atomic E-state index is 12.2. The Hall–Kier alpha value is -4.19. The summed E-state index contributed by atoms with van der Waals surface area (Å²) in [7, 11) is 0. The lowest BCUT2D eigenvalue weighted by Gasteiger charge is -2.09. The Morgan fingerprint density at radius 3 is 2.67 bits per heavy atom. The van der Waals surface area contributed by atoms with Gasteiger partial charge in [0.25, 0.3) is 5.91 Å². The van der Waals surface area contributed by atoms with Gasteiger partial charge in [-0.15, -0.1) is 0 Å². The number of hydrazone groups is 1. The molecule has 0 aliphatic heterocycles. The number of ether oxygens (including phenoxy) is 1. The number of hydrogen-bond donors (Lipinski definition) is 2. The first-order valence-electron chi connectivity index (χ1n) is 9.37. The predicted molar refractivity (Wildman–Crippen MR) is 116 cm³/mol. The van der Waals surface area contributed by atoms with Crippen molar-refractivity contribution in [1.82, 2.24) is 10.4 Å². The van der Waals surface area contributed by atoms with Crippen molar-refractivity contribution in [2.45, 2.75) is 6.61 Å². The van der Waals surface area contributed by atoms with Crippen LogP contribution in [0.3, 0.4) is 0 Å². The lowest BCUT2D eigenvalue weighted by atomic mass is 10.1. The Kier molecular flexibility index (Phi) is 5.66. The van der Waals surface area contributed by atoms with Crippen LogP contribution in [-0.2, 0) is 6.61 Å². The first-order valence-corrected chi connectivity index (χ1v) is 9.37. The molecule has 0 radical (unpaired) electrons. The molecule has 4 rings (SSSR count). The van der Waals surface area contributed by atoms with E-state index < -0.39 is 0 Å². The van der Waals surface area contributed by atoms with Gasteiger partial charge in [0, 0.05) is 17.1 Å². The average molecular weight is 397 g/mol. The number of hydrogen-bond acceptors (Lipinski definition) is 5. The molecule has 0 saturated carbocycles. The molecular weight excluding hydrogens is 378 g/mol. The number of para-hydroxylation sites is 1. The van der Waals surface area contributed by atoms with Crippen molar-refractivity contribution in [2.75, 3.05) is 0 Å². The van der Waals surface area contributed by atoms with E-state index in [0.717, 1.165) is 22.2 Å². The number of nitrogens with one attached hydrogen (secondary N) is 1. The van der Waals surface area contributed by atoms with Crippen molar-refractivity contribution in [3.8, 4) is 11.5 Å². The van der Waals surface area contributed by atoms with Gasteiger partial charge < -0.3 is 9.84 Å². The van der Waals surface area contributed by atoms with Crippen molar-refractivity contribution in [3.63, 3.8) is 0 Å². The van der Waals surface area contributed by atoms with Gasteiger partial charge >= 0.3 is 0 Å². The number of aromatic hydroxyl groups is 1. The van der Waals surface area contributed by atoms with Gasteiger partial charge in [-0.2, -0.15) is 5.10 Å². The summed E-state index contributed by atoms with van der Waals surface area (Å²) >= 11 is 0. The van der Waals surface area contributed by atoms with Crippen LogP contribution in [0.2, 0.25) is 0 Å². The Morgan fingerprint density at radius 2 is 1.83 bits per heavy atom. The highest BCUT2D eigenvalue weighted by atomic mass is 16.5. The summed E-state index contributed by atoms with van der Waals surface area (Å²) in [6.45, 7) is 0.368. The number of amides is 1. The Balaban J connectivity index is 1.36. The van der Waals surface area contributed by atoms with Gasteiger partial charge in [0.15, 0.2) is 0 Å². The smallest absolute Gasteiger partial charge is 0.271 e. The SMILES string of the molecule is O=C(NN=Cc1cccc(O)c1)c1ccc(COc2cccc3cccnc23)cc1. The summed E-state index contributed by atoms with van der Waals surface area (Å²) in [5.41, 5.74) is 5.40. The lowest BCUT2D eigenvalue weighted by Crippen LogP contribution is -2.17. The molecule has 0 spiro atoms. The van der Waals surface area contributed by atoms with Crippen LogP contribution in [0, 0.1) is 0 Å². The number of rotatable bonds is 6. The molecule has 1 aromatic heterocycles. The van der Waals surface area contributed by atoms with Crippen molar-refractivity contribution < 1.29 is 14.6 Å². The van der Waals surface area contributed by atoms with E-state index in [9.17, 15) is 9.90 Å². The normalized spacial score (nSPS) is 10.9. The molecule has 1 amide bonds. The second kappa shape index (κ2) is 8.87. The van der Waals surface area contributed by atoms with Crippen molar-refractivity contribution >= 4 is 23.0 Å². The van der Waals surface area contributed by atoms with Crippen LogP contribution in [0.4, 0.5) is 0 Å². The predicted octanol–water partition coefficient (Wildman–Crippen LogP) is 4.28. The molecule has 0 aliphatic rings. The van der Waals surface area contributed by atoms with Crippen molar-refractivity contribution in [1.29, 1.82) is 0 Å². The fourth-order valence-electron chi connectivity index (χ4n) is 2.94. The number of pyridine rings is 1. The largest absolute Gasteiger partial charge is 0.508 e. The molecule has 2 N–H and O–H groups in total. The fourth-order valence-corrected chi connectivity index (χ4v) is 2.94. The number of carbonyl (C=O) groups is 1. The zero-order chi connectivity index (χ0) is 20.8. The number of benzene rings is 3. The maximum atomic E-state index is 12.2. The first kappa shape index (κ1) is 19.1. The fraction of sp³-hybridized carbons (Fsp3) is 0.0417. The Labute approximate surface area is 173 Å². The second-order valence-electron chi connectivity index (χ2n) is 6.61. The summed E-state index contributed by atoms with van der Waals surface area (Å²) in [5.74, 6) is 0.538. The lowest BCUT2D eigenvalue weighted by molar-refractivity contribution is 0.0955. The highest BCUT2D eigenvalue weighted by Crippen LogP contribution is 2.23. The molecule has 1 heterocycles. The zero-order valence-electron chi connectivity index (χ0n) is 16.0. The van der Waals surface area contributed by atoms with Crippen molar-refractivity contribution in [3.05, 3.63) is 102 Å².